The summed E-state index contributed by atoms with van der Waals surface area (Å²) in [5.74, 6) is 2.80. The van der Waals surface area contributed by atoms with Gasteiger partial charge in [-0.05, 0) is 113 Å². The fourth-order valence-corrected chi connectivity index (χ4v) is 10.8. The number of para-hydroxylation sites is 2. The van der Waals surface area contributed by atoms with E-state index in [1.807, 2.05) is 24.4 Å². The second kappa shape index (κ2) is 15.3. The Morgan fingerprint density at radius 2 is 1.57 bits per heavy atom. The highest BCUT2D eigenvalue weighted by atomic mass is 16.5. The zero-order valence-corrected chi connectivity index (χ0v) is 32.9. The van der Waals surface area contributed by atoms with Crippen LogP contribution in [0.3, 0.4) is 0 Å². The van der Waals surface area contributed by atoms with Gasteiger partial charge in [-0.3, -0.25) is 14.9 Å². The summed E-state index contributed by atoms with van der Waals surface area (Å²) in [6.45, 7) is 4.94. The predicted octanol–water partition coefficient (Wildman–Crippen LogP) is 4.99. The topological polar surface area (TPSA) is 166 Å². The zero-order chi connectivity index (χ0) is 39.3. The van der Waals surface area contributed by atoms with Crippen LogP contribution in [-0.4, -0.2) is 105 Å². The van der Waals surface area contributed by atoms with Gasteiger partial charge in [-0.25, -0.2) is 9.97 Å². The molecule has 5 aliphatic heterocycles. The lowest BCUT2D eigenvalue weighted by Gasteiger charge is -2.43. The number of nitrogens with zero attached hydrogens (tertiary/aromatic N) is 8. The maximum atomic E-state index is 12.8. The first-order valence-electron chi connectivity index (χ1n) is 21.3. The second-order valence-electron chi connectivity index (χ2n) is 17.0. The zero-order valence-electron chi connectivity index (χ0n) is 32.9. The Bertz CT molecular complexity index is 2170. The highest BCUT2D eigenvalue weighted by Crippen LogP contribution is 2.46. The second-order valence-corrected chi connectivity index (χ2v) is 17.0. The number of nitrogens with two attached hydrogens (primary N) is 1. The number of phenols is 1. The number of likely N-dealkylation sites (tertiary alicyclic amines) is 1. The first kappa shape index (κ1) is 36.8. The number of ether oxygens (including phenoxy) is 1. The fourth-order valence-electron chi connectivity index (χ4n) is 10.8. The van der Waals surface area contributed by atoms with Gasteiger partial charge in [-0.2, -0.15) is 0 Å². The van der Waals surface area contributed by atoms with Crippen LogP contribution >= 0.6 is 0 Å². The van der Waals surface area contributed by atoms with E-state index in [1.165, 1.54) is 18.4 Å². The lowest BCUT2D eigenvalue weighted by molar-refractivity contribution is -0.134. The van der Waals surface area contributed by atoms with Crippen LogP contribution in [0.5, 0.6) is 11.5 Å². The molecule has 5 fully saturated rings. The minimum atomic E-state index is -0.335. The van der Waals surface area contributed by atoms with E-state index in [9.17, 15) is 14.7 Å². The van der Waals surface area contributed by atoms with Gasteiger partial charge in [0, 0.05) is 61.0 Å². The summed E-state index contributed by atoms with van der Waals surface area (Å²) in [6, 6.07) is 18.4. The quantitative estimate of drug-likeness (QED) is 0.215. The monoisotopic (exact) mass is 784 g/mol. The number of piperazine rings is 1. The van der Waals surface area contributed by atoms with Crippen LogP contribution in [0.2, 0.25) is 0 Å². The minimum Gasteiger partial charge on any atom is -0.507 e. The predicted molar refractivity (Wildman–Crippen MR) is 221 cm³/mol. The number of hydrogen-bond acceptors (Lipinski definition) is 13. The maximum absolute atomic E-state index is 12.8. The van der Waals surface area contributed by atoms with Crippen LogP contribution in [0.4, 0.5) is 23.1 Å². The number of nitrogens with one attached hydrogen (secondary N) is 1. The number of aromatic hydroxyl groups is 1. The van der Waals surface area contributed by atoms with E-state index in [1.54, 1.807) is 12.1 Å². The molecule has 14 nitrogen and oxygen atoms in total. The van der Waals surface area contributed by atoms with Crippen molar-refractivity contribution in [3.05, 3.63) is 72.1 Å². The number of carbonyl (C=O) groups excluding carboxylic acids is 2. The largest absolute Gasteiger partial charge is 0.507 e. The molecule has 2 aromatic carbocycles. The van der Waals surface area contributed by atoms with Crippen LogP contribution in [0, 0.1) is 0 Å². The van der Waals surface area contributed by atoms with E-state index >= 15 is 0 Å². The Balaban J connectivity index is 0.753. The summed E-state index contributed by atoms with van der Waals surface area (Å²) in [5.41, 5.74) is 11.9. The highest BCUT2D eigenvalue weighted by Gasteiger charge is 2.43. The molecule has 6 aliphatic rings. The molecule has 10 rings (SSSR count). The number of amides is 2. The normalized spacial score (nSPS) is 26.6. The molecular weight excluding hydrogens is 733 g/mol. The van der Waals surface area contributed by atoms with Gasteiger partial charge < -0.3 is 35.2 Å². The molecule has 0 radical (unpaired) electrons. The summed E-state index contributed by atoms with van der Waals surface area (Å²) in [5, 5.41) is 21.5. The van der Waals surface area contributed by atoms with Crippen molar-refractivity contribution in [2.24, 2.45) is 0 Å². The van der Waals surface area contributed by atoms with Gasteiger partial charge in [0.05, 0.1) is 23.6 Å². The number of rotatable bonds is 7. The molecule has 2 bridgehead atoms. The number of fused-ring (bicyclic) bond motifs is 3. The van der Waals surface area contributed by atoms with Gasteiger partial charge in [-0.15, -0.1) is 10.2 Å². The average Bonchev–Trinajstić information content (AvgIpc) is 3.52. The molecule has 302 valence electrons. The van der Waals surface area contributed by atoms with E-state index in [2.05, 4.69) is 59.4 Å². The minimum absolute atomic E-state index is 0.170. The fraction of sp³-hybridized carbons (Fsp3) is 0.500. The van der Waals surface area contributed by atoms with Crippen LogP contribution < -0.4 is 30.5 Å². The summed E-state index contributed by atoms with van der Waals surface area (Å²) in [7, 11) is 0. The smallest absolute Gasteiger partial charge is 0.249 e. The third-order valence-electron chi connectivity index (χ3n) is 13.8. The third-order valence-corrected chi connectivity index (χ3v) is 13.8. The number of hydrogen-bond donors (Lipinski definition) is 3. The van der Waals surface area contributed by atoms with E-state index in [-0.39, 0.29) is 35.7 Å². The van der Waals surface area contributed by atoms with Crippen molar-refractivity contribution in [2.45, 2.75) is 100 Å². The number of imide groups is 1. The van der Waals surface area contributed by atoms with E-state index < -0.39 is 0 Å². The van der Waals surface area contributed by atoms with Gasteiger partial charge in [-0.1, -0.05) is 24.3 Å². The lowest BCUT2D eigenvalue weighted by atomic mass is 9.79. The highest BCUT2D eigenvalue weighted by molar-refractivity contribution is 6.02. The molecule has 14 heteroatoms. The number of nitrogen functional groups attached to an aromatic ring is 1. The molecule has 58 heavy (non-hydrogen) atoms. The summed E-state index contributed by atoms with van der Waals surface area (Å²) in [6.07, 6.45) is 11.8. The van der Waals surface area contributed by atoms with E-state index in [0.717, 1.165) is 93.5 Å². The standard InChI is InChI=1S/C44H52N10O4/c45-42-38(24-35(49-50-42)33-4-1-2-7-39(33)55)52-25-30-12-13-31(26-52)54(30)44-46-19-16-34(47-44)28-17-20-51(21-18-28)29-10-8-27(9-11-29)32-5-3-6-36-41(32)58-23-22-53(36)37-14-15-40(56)48-43(37)57/h1-7,16,19,24,27-31,37,55H,8-15,17-18,20-23,25-26H2,(H2,45,50)(H,48,56,57)/t27?,29?,30?,31?,37-/m1/s1. The molecular formula is C44H52N10O4. The SMILES string of the molecule is Nc1nnc(-c2ccccc2O)cc1N1CC2CCC(C1)N2c1nccc(C2CCN(C3CCC(c4cccc5c4OCCN5[C@@H]4CCC(=O)NC4=O)CC3)CC2)n1. The lowest BCUT2D eigenvalue weighted by Crippen LogP contribution is -2.54. The van der Waals surface area contributed by atoms with Crippen molar-refractivity contribution in [3.63, 3.8) is 0 Å². The van der Waals surface area contributed by atoms with Crippen LogP contribution in [0.1, 0.15) is 87.3 Å². The Morgan fingerprint density at radius 1 is 0.793 bits per heavy atom. The number of phenolic OH excluding ortho intramolecular Hbond substituents is 1. The van der Waals surface area contributed by atoms with E-state index in [4.69, 9.17) is 20.4 Å². The molecule has 1 aliphatic carbocycles. The third kappa shape index (κ3) is 6.84. The van der Waals surface area contributed by atoms with Gasteiger partial charge in [0.1, 0.15) is 24.1 Å². The Labute approximate surface area is 338 Å². The molecule has 4 aromatic rings. The summed E-state index contributed by atoms with van der Waals surface area (Å²) >= 11 is 0. The molecule has 2 aromatic heterocycles. The molecule has 1 saturated carbocycles. The summed E-state index contributed by atoms with van der Waals surface area (Å²) < 4.78 is 6.31. The molecule has 2 unspecified atom stereocenters. The van der Waals surface area contributed by atoms with Crippen molar-refractivity contribution in [1.29, 1.82) is 0 Å². The number of piperidine rings is 2. The molecule has 2 amide bonds. The Hall–Kier alpha value is -5.50. The Kier molecular flexibility index (Phi) is 9.74. The summed E-state index contributed by atoms with van der Waals surface area (Å²) in [4.78, 5) is 44.3. The van der Waals surface area contributed by atoms with Gasteiger partial charge >= 0.3 is 0 Å². The van der Waals surface area contributed by atoms with Crippen LogP contribution in [0.15, 0.2) is 60.8 Å². The van der Waals surface area contributed by atoms with Crippen molar-refractivity contribution in [2.75, 3.05) is 59.8 Å². The van der Waals surface area contributed by atoms with Crippen LogP contribution in [-0.2, 0) is 9.59 Å². The number of aromatic nitrogens is 4. The van der Waals surface area contributed by atoms with Crippen molar-refractivity contribution in [1.82, 2.24) is 30.4 Å². The van der Waals surface area contributed by atoms with Crippen molar-refractivity contribution >= 4 is 35.0 Å². The number of anilines is 4. The van der Waals surface area contributed by atoms with Crippen molar-refractivity contribution < 1.29 is 19.4 Å². The molecule has 3 atom stereocenters. The van der Waals surface area contributed by atoms with Gasteiger partial charge in [0.2, 0.25) is 17.8 Å². The first-order chi connectivity index (χ1) is 28.4. The van der Waals surface area contributed by atoms with Gasteiger partial charge in [0.25, 0.3) is 0 Å². The maximum Gasteiger partial charge on any atom is 0.249 e. The number of benzene rings is 2. The number of carbonyl (C=O) groups is 2. The molecule has 4 saturated heterocycles. The molecule has 0 spiro atoms. The van der Waals surface area contributed by atoms with Crippen LogP contribution in [0.25, 0.3) is 11.3 Å². The Morgan fingerprint density at radius 3 is 2.34 bits per heavy atom. The van der Waals surface area contributed by atoms with Gasteiger partial charge in [0.15, 0.2) is 5.82 Å². The van der Waals surface area contributed by atoms with E-state index in [0.29, 0.717) is 60.9 Å². The molecule has 4 N–H and O–H groups in total. The molecule has 7 heterocycles. The first-order valence-corrected chi connectivity index (χ1v) is 21.3. The van der Waals surface area contributed by atoms with Crippen molar-refractivity contribution in [3.8, 4) is 22.8 Å². The average molecular weight is 785 g/mol.